The number of carbonyl (C=O) groups is 1. The molecule has 0 unspecified atom stereocenters. The van der Waals surface area contributed by atoms with Gasteiger partial charge in [0.05, 0.1) is 22.8 Å². The molecular formula is C15H16ClNO2S. The van der Waals surface area contributed by atoms with Crippen molar-refractivity contribution in [3.63, 3.8) is 0 Å². The molecule has 2 aromatic rings. The molecule has 0 radical (unpaired) electrons. The quantitative estimate of drug-likeness (QED) is 0.883. The first kappa shape index (κ1) is 14.9. The second-order valence-electron chi connectivity index (χ2n) is 4.74. The third-order valence-corrected chi connectivity index (χ3v) is 4.20. The Hall–Kier alpha value is -1.52. The fraction of sp³-hybridized carbons (Fsp3) is 0.267. The number of carboxylic acid groups (broad SMARTS) is 1. The zero-order valence-electron chi connectivity index (χ0n) is 11.3. The van der Waals surface area contributed by atoms with Gasteiger partial charge >= 0.3 is 5.97 Å². The molecule has 106 valence electrons. The molecule has 0 fully saturated rings. The number of thiophene rings is 1. The molecule has 1 aromatic carbocycles. The molecule has 0 spiro atoms. The van der Waals surface area contributed by atoms with Crippen LogP contribution in [-0.4, -0.2) is 17.1 Å². The van der Waals surface area contributed by atoms with E-state index < -0.39 is 5.97 Å². The summed E-state index contributed by atoms with van der Waals surface area (Å²) in [5.74, 6) is -0.959. The average molecular weight is 310 g/mol. The smallest absolute Gasteiger partial charge is 0.337 e. The van der Waals surface area contributed by atoms with E-state index in [1.165, 1.54) is 4.88 Å². The van der Waals surface area contributed by atoms with Gasteiger partial charge in [-0.15, -0.1) is 11.3 Å². The van der Waals surface area contributed by atoms with Gasteiger partial charge in [0, 0.05) is 10.9 Å². The number of halogens is 1. The van der Waals surface area contributed by atoms with Crippen LogP contribution in [-0.2, 0) is 6.54 Å². The second-order valence-corrected chi connectivity index (χ2v) is 6.18. The Balaban J connectivity index is 2.46. The first-order chi connectivity index (χ1) is 9.50. The molecule has 0 saturated heterocycles. The van der Waals surface area contributed by atoms with Crippen LogP contribution in [0, 0.1) is 0 Å². The fourth-order valence-corrected chi connectivity index (χ4v) is 3.06. The lowest BCUT2D eigenvalue weighted by atomic mass is 10.1. The van der Waals surface area contributed by atoms with E-state index in [1.54, 1.807) is 29.5 Å². The molecule has 0 saturated carbocycles. The number of anilines is 1. The molecule has 2 rings (SSSR count). The van der Waals surface area contributed by atoms with Gasteiger partial charge in [0.1, 0.15) is 0 Å². The second kappa shape index (κ2) is 6.29. The molecule has 0 aliphatic carbocycles. The Morgan fingerprint density at radius 2 is 2.10 bits per heavy atom. The Morgan fingerprint density at radius 1 is 1.35 bits per heavy atom. The lowest BCUT2D eigenvalue weighted by Crippen LogP contribution is -2.31. The molecule has 5 heteroatoms. The zero-order valence-corrected chi connectivity index (χ0v) is 12.9. The van der Waals surface area contributed by atoms with Crippen LogP contribution in [0.4, 0.5) is 5.69 Å². The molecule has 3 nitrogen and oxygen atoms in total. The number of hydrogen-bond donors (Lipinski definition) is 1. The lowest BCUT2D eigenvalue weighted by Gasteiger charge is -2.30. The molecule has 1 aromatic heterocycles. The van der Waals surface area contributed by atoms with E-state index in [9.17, 15) is 9.90 Å². The first-order valence-electron chi connectivity index (χ1n) is 6.31. The van der Waals surface area contributed by atoms with Crippen LogP contribution in [0.15, 0.2) is 35.7 Å². The highest BCUT2D eigenvalue weighted by Gasteiger charge is 2.21. The van der Waals surface area contributed by atoms with Gasteiger partial charge in [-0.1, -0.05) is 23.7 Å². The highest BCUT2D eigenvalue weighted by Crippen LogP contribution is 2.33. The number of benzene rings is 1. The van der Waals surface area contributed by atoms with Gasteiger partial charge in [-0.25, -0.2) is 4.79 Å². The summed E-state index contributed by atoms with van der Waals surface area (Å²) in [7, 11) is 0. The van der Waals surface area contributed by atoms with Crippen molar-refractivity contribution >= 4 is 34.6 Å². The lowest BCUT2D eigenvalue weighted by molar-refractivity contribution is 0.0697. The highest BCUT2D eigenvalue weighted by atomic mass is 35.5. The minimum Gasteiger partial charge on any atom is -0.478 e. The third kappa shape index (κ3) is 3.14. The Bertz CT molecular complexity index is 596. The van der Waals surface area contributed by atoms with E-state index in [-0.39, 0.29) is 11.6 Å². The molecule has 0 bridgehead atoms. The molecule has 0 amide bonds. The molecule has 20 heavy (non-hydrogen) atoms. The van der Waals surface area contributed by atoms with E-state index >= 15 is 0 Å². The normalized spacial score (nSPS) is 10.8. The van der Waals surface area contributed by atoms with Crippen molar-refractivity contribution in [2.24, 2.45) is 0 Å². The molecule has 1 heterocycles. The van der Waals surface area contributed by atoms with E-state index in [2.05, 4.69) is 0 Å². The number of carboxylic acids is 1. The molecule has 0 atom stereocenters. The van der Waals surface area contributed by atoms with Crippen LogP contribution in [0.1, 0.15) is 29.1 Å². The van der Waals surface area contributed by atoms with Gasteiger partial charge in [0.15, 0.2) is 0 Å². The summed E-state index contributed by atoms with van der Waals surface area (Å²) in [5.41, 5.74) is 0.827. The summed E-state index contributed by atoms with van der Waals surface area (Å²) in [6.45, 7) is 4.71. The Kier molecular flexibility index (Phi) is 4.68. The van der Waals surface area contributed by atoms with Gasteiger partial charge in [-0.05, 0) is 37.4 Å². The van der Waals surface area contributed by atoms with Gasteiger partial charge in [0.25, 0.3) is 0 Å². The topological polar surface area (TPSA) is 40.5 Å². The largest absolute Gasteiger partial charge is 0.478 e. The first-order valence-corrected chi connectivity index (χ1v) is 7.57. The maximum Gasteiger partial charge on any atom is 0.337 e. The van der Waals surface area contributed by atoms with Crippen LogP contribution in [0.3, 0.4) is 0 Å². The van der Waals surface area contributed by atoms with Crippen molar-refractivity contribution in [2.45, 2.75) is 26.4 Å². The van der Waals surface area contributed by atoms with Gasteiger partial charge in [-0.2, -0.15) is 0 Å². The number of para-hydroxylation sites is 1. The Morgan fingerprint density at radius 3 is 2.65 bits per heavy atom. The summed E-state index contributed by atoms with van der Waals surface area (Å²) in [6, 6.07) is 9.16. The summed E-state index contributed by atoms with van der Waals surface area (Å²) < 4.78 is 0. The predicted molar refractivity (Wildman–Crippen MR) is 84.0 cm³/mol. The van der Waals surface area contributed by atoms with Crippen molar-refractivity contribution in [3.8, 4) is 0 Å². The van der Waals surface area contributed by atoms with Gasteiger partial charge in [-0.3, -0.25) is 0 Å². The monoisotopic (exact) mass is 309 g/mol. The van der Waals surface area contributed by atoms with Crippen LogP contribution >= 0.6 is 22.9 Å². The number of aromatic carboxylic acids is 1. The maximum atomic E-state index is 11.4. The van der Waals surface area contributed by atoms with Crippen LogP contribution in [0.25, 0.3) is 0 Å². The highest BCUT2D eigenvalue weighted by molar-refractivity contribution is 7.09. The number of rotatable bonds is 5. The number of nitrogens with zero attached hydrogens (tertiary/aromatic N) is 1. The fourth-order valence-electron chi connectivity index (χ4n) is 2.07. The summed E-state index contributed by atoms with van der Waals surface area (Å²) >= 11 is 7.90. The van der Waals surface area contributed by atoms with Crippen molar-refractivity contribution < 1.29 is 9.90 Å². The number of hydrogen-bond acceptors (Lipinski definition) is 3. The Labute approximate surface area is 127 Å². The van der Waals surface area contributed by atoms with Crippen molar-refractivity contribution in [1.29, 1.82) is 0 Å². The summed E-state index contributed by atoms with van der Waals surface area (Å²) in [6.07, 6.45) is 0. The van der Waals surface area contributed by atoms with E-state index in [1.807, 2.05) is 36.3 Å². The minimum absolute atomic E-state index is 0.148. The molecule has 0 aliphatic rings. The standard InChI is InChI=1S/C15H16ClNO2S/c1-10(2)17(9-11-5-4-8-20-11)14-12(15(18)19)6-3-7-13(14)16/h3-8,10H,9H2,1-2H3,(H,18,19). The van der Waals surface area contributed by atoms with Crippen molar-refractivity contribution in [1.82, 2.24) is 0 Å². The summed E-state index contributed by atoms with van der Waals surface area (Å²) in [4.78, 5) is 14.6. The predicted octanol–water partition coefficient (Wildman–Crippen LogP) is 4.51. The van der Waals surface area contributed by atoms with Crippen molar-refractivity contribution in [2.75, 3.05) is 4.90 Å². The van der Waals surface area contributed by atoms with Gasteiger partial charge < -0.3 is 10.0 Å². The maximum absolute atomic E-state index is 11.4. The minimum atomic E-state index is -0.959. The zero-order chi connectivity index (χ0) is 14.7. The van der Waals surface area contributed by atoms with E-state index in [0.29, 0.717) is 17.3 Å². The average Bonchev–Trinajstić information content (AvgIpc) is 2.88. The summed E-state index contributed by atoms with van der Waals surface area (Å²) in [5, 5.41) is 11.8. The van der Waals surface area contributed by atoms with E-state index in [4.69, 9.17) is 11.6 Å². The van der Waals surface area contributed by atoms with Crippen molar-refractivity contribution in [3.05, 3.63) is 51.2 Å². The van der Waals surface area contributed by atoms with Crippen LogP contribution in [0.2, 0.25) is 5.02 Å². The molecular weight excluding hydrogens is 294 g/mol. The third-order valence-electron chi connectivity index (χ3n) is 3.03. The van der Waals surface area contributed by atoms with Crippen LogP contribution < -0.4 is 4.90 Å². The van der Waals surface area contributed by atoms with E-state index in [0.717, 1.165) is 0 Å². The molecule has 1 N–H and O–H groups in total. The SMILES string of the molecule is CC(C)N(Cc1cccs1)c1c(Cl)cccc1C(=O)O. The molecule has 0 aliphatic heterocycles. The van der Waals surface area contributed by atoms with Gasteiger partial charge in [0.2, 0.25) is 0 Å². The van der Waals surface area contributed by atoms with Crippen LogP contribution in [0.5, 0.6) is 0 Å².